The largest absolute Gasteiger partial charge is 0.497 e. The van der Waals surface area contributed by atoms with Crippen LogP contribution in [0.2, 0.25) is 5.02 Å². The molecule has 2 rings (SSSR count). The Kier molecular flexibility index (Phi) is 4.46. The molecule has 0 aliphatic carbocycles. The molecule has 0 aliphatic rings. The molecule has 0 spiro atoms. The van der Waals surface area contributed by atoms with Crippen molar-refractivity contribution in [3.8, 4) is 17.4 Å². The average Bonchev–Trinajstić information content (AvgIpc) is 2.42. The highest BCUT2D eigenvalue weighted by molar-refractivity contribution is 9.10. The van der Waals surface area contributed by atoms with Crippen molar-refractivity contribution in [2.24, 2.45) is 0 Å². The Morgan fingerprint density at radius 1 is 1.40 bits per heavy atom. The fraction of sp³-hybridized carbons (Fsp3) is 0.0769. The normalized spacial score (nSPS) is 10.2. The summed E-state index contributed by atoms with van der Waals surface area (Å²) in [5, 5.41) is 8.95. The number of pyridine rings is 1. The molecule has 0 saturated heterocycles. The fourth-order valence-electron chi connectivity index (χ4n) is 1.41. The fourth-order valence-corrected chi connectivity index (χ4v) is 2.06. The number of hydrogen-bond donors (Lipinski definition) is 1. The first-order valence-electron chi connectivity index (χ1n) is 5.41. The minimum absolute atomic E-state index is 0.00357. The minimum atomic E-state index is -1.10. The number of carbonyl (C=O) groups is 1. The molecule has 0 aliphatic heterocycles. The third-order valence-corrected chi connectivity index (χ3v) is 3.29. The van der Waals surface area contributed by atoms with E-state index in [-0.39, 0.29) is 16.5 Å². The molecule has 0 saturated carbocycles. The van der Waals surface area contributed by atoms with Gasteiger partial charge >= 0.3 is 5.97 Å². The summed E-state index contributed by atoms with van der Waals surface area (Å²) in [7, 11) is 1.56. The quantitative estimate of drug-likeness (QED) is 0.895. The second kappa shape index (κ2) is 6.11. The van der Waals surface area contributed by atoms with Gasteiger partial charge in [-0.05, 0) is 40.2 Å². The van der Waals surface area contributed by atoms with Gasteiger partial charge in [0.25, 0.3) is 0 Å². The summed E-state index contributed by atoms with van der Waals surface area (Å²) in [6.07, 6.45) is 1.18. The molecule has 0 atom stereocenters. The van der Waals surface area contributed by atoms with Crippen LogP contribution < -0.4 is 9.47 Å². The van der Waals surface area contributed by atoms with Gasteiger partial charge in [-0.3, -0.25) is 0 Å². The molecular weight excluding hydrogens is 350 g/mol. The van der Waals surface area contributed by atoms with Gasteiger partial charge in [0.1, 0.15) is 16.5 Å². The van der Waals surface area contributed by atoms with Crippen LogP contribution >= 0.6 is 27.5 Å². The molecule has 0 amide bonds. The summed E-state index contributed by atoms with van der Waals surface area (Å²) in [6.45, 7) is 0. The summed E-state index contributed by atoms with van der Waals surface area (Å²) >= 11 is 9.28. The number of carboxylic acids is 1. The zero-order chi connectivity index (χ0) is 14.7. The molecule has 1 aromatic carbocycles. The van der Waals surface area contributed by atoms with E-state index in [9.17, 15) is 4.79 Å². The van der Waals surface area contributed by atoms with Crippen molar-refractivity contribution in [2.75, 3.05) is 7.11 Å². The Labute approximate surface area is 128 Å². The van der Waals surface area contributed by atoms with Crippen LogP contribution in [0.3, 0.4) is 0 Å². The maximum absolute atomic E-state index is 10.8. The first-order chi connectivity index (χ1) is 9.51. The lowest BCUT2D eigenvalue weighted by Gasteiger charge is -2.09. The second-order valence-corrected chi connectivity index (χ2v) is 4.98. The van der Waals surface area contributed by atoms with E-state index in [1.54, 1.807) is 25.3 Å². The van der Waals surface area contributed by atoms with Crippen LogP contribution in [0.15, 0.2) is 34.9 Å². The second-order valence-electron chi connectivity index (χ2n) is 3.71. The van der Waals surface area contributed by atoms with Crippen LogP contribution in [0, 0.1) is 0 Å². The van der Waals surface area contributed by atoms with Crippen LogP contribution in [0.5, 0.6) is 17.4 Å². The summed E-state index contributed by atoms with van der Waals surface area (Å²) in [5.74, 6) is 0.187. The number of ether oxygens (including phenoxy) is 2. The van der Waals surface area contributed by atoms with Crippen LogP contribution in [0.4, 0.5) is 0 Å². The lowest BCUT2D eigenvalue weighted by atomic mass is 10.3. The van der Waals surface area contributed by atoms with Gasteiger partial charge in [-0.1, -0.05) is 11.6 Å². The highest BCUT2D eigenvalue weighted by atomic mass is 79.9. The smallest absolute Gasteiger partial charge is 0.337 e. The monoisotopic (exact) mass is 357 g/mol. The Bertz CT molecular complexity index is 663. The number of nitrogens with zero attached hydrogens (tertiary/aromatic N) is 1. The van der Waals surface area contributed by atoms with E-state index in [1.807, 2.05) is 0 Å². The third kappa shape index (κ3) is 3.20. The van der Waals surface area contributed by atoms with E-state index in [0.29, 0.717) is 16.0 Å². The molecule has 5 nitrogen and oxygen atoms in total. The number of aromatic nitrogens is 1. The maximum atomic E-state index is 10.8. The van der Waals surface area contributed by atoms with Crippen molar-refractivity contribution in [1.29, 1.82) is 0 Å². The van der Waals surface area contributed by atoms with Gasteiger partial charge in [0.05, 0.1) is 17.1 Å². The van der Waals surface area contributed by atoms with Crippen molar-refractivity contribution in [2.45, 2.75) is 0 Å². The summed E-state index contributed by atoms with van der Waals surface area (Å²) in [4.78, 5) is 14.7. The van der Waals surface area contributed by atoms with Gasteiger partial charge in [-0.25, -0.2) is 9.78 Å². The number of hydrogen-bond acceptors (Lipinski definition) is 4. The highest BCUT2D eigenvalue weighted by Crippen LogP contribution is 2.34. The zero-order valence-corrected chi connectivity index (χ0v) is 12.6. The summed E-state index contributed by atoms with van der Waals surface area (Å²) in [6, 6.07) is 6.42. The van der Waals surface area contributed by atoms with Crippen LogP contribution in [-0.2, 0) is 0 Å². The molecule has 2 aromatic rings. The topological polar surface area (TPSA) is 68.7 Å². The van der Waals surface area contributed by atoms with Gasteiger partial charge in [-0.2, -0.15) is 0 Å². The van der Waals surface area contributed by atoms with E-state index in [2.05, 4.69) is 20.9 Å². The molecule has 1 aromatic heterocycles. The lowest BCUT2D eigenvalue weighted by Crippen LogP contribution is -1.98. The standard InChI is InChI=1S/C13H9BrClNO4/c1-19-8-2-3-11(9(14)5-8)20-12-10(15)4-7(6-16-12)13(17)18/h2-6H,1H3,(H,17,18). The van der Waals surface area contributed by atoms with Gasteiger partial charge in [0, 0.05) is 6.20 Å². The molecule has 1 N–H and O–H groups in total. The van der Waals surface area contributed by atoms with Crippen molar-refractivity contribution >= 4 is 33.5 Å². The molecule has 104 valence electrons. The van der Waals surface area contributed by atoms with Crippen LogP contribution in [0.1, 0.15) is 10.4 Å². The SMILES string of the molecule is COc1ccc(Oc2ncc(C(=O)O)cc2Cl)c(Br)c1. The number of benzene rings is 1. The minimum Gasteiger partial charge on any atom is -0.497 e. The number of methoxy groups -OCH3 is 1. The van der Waals surface area contributed by atoms with Crippen molar-refractivity contribution < 1.29 is 19.4 Å². The van der Waals surface area contributed by atoms with E-state index >= 15 is 0 Å². The first kappa shape index (κ1) is 14.6. The van der Waals surface area contributed by atoms with Crippen LogP contribution in [-0.4, -0.2) is 23.2 Å². The van der Waals surface area contributed by atoms with E-state index in [1.165, 1.54) is 12.3 Å². The lowest BCUT2D eigenvalue weighted by molar-refractivity contribution is 0.0696. The summed E-state index contributed by atoms with van der Waals surface area (Å²) < 4.78 is 11.3. The molecule has 7 heteroatoms. The van der Waals surface area contributed by atoms with Gasteiger partial charge in [0.2, 0.25) is 5.88 Å². The molecule has 0 unspecified atom stereocenters. The molecule has 20 heavy (non-hydrogen) atoms. The average molecular weight is 359 g/mol. The van der Waals surface area contributed by atoms with Crippen LogP contribution in [0.25, 0.3) is 0 Å². The highest BCUT2D eigenvalue weighted by Gasteiger charge is 2.12. The number of halogens is 2. The predicted molar refractivity (Wildman–Crippen MR) is 77.0 cm³/mol. The number of aromatic carboxylic acids is 1. The zero-order valence-electron chi connectivity index (χ0n) is 10.3. The van der Waals surface area contributed by atoms with Gasteiger partial charge in [0.15, 0.2) is 0 Å². The number of rotatable bonds is 4. The third-order valence-electron chi connectivity index (χ3n) is 2.40. The van der Waals surface area contributed by atoms with Crippen molar-refractivity contribution in [1.82, 2.24) is 4.98 Å². The van der Waals surface area contributed by atoms with Crippen molar-refractivity contribution in [3.05, 3.63) is 45.5 Å². The first-order valence-corrected chi connectivity index (χ1v) is 6.58. The molecular formula is C13H9BrClNO4. The van der Waals surface area contributed by atoms with Gasteiger partial charge < -0.3 is 14.6 Å². The van der Waals surface area contributed by atoms with E-state index in [4.69, 9.17) is 26.2 Å². The Balaban J connectivity index is 2.28. The molecule has 0 radical (unpaired) electrons. The number of carboxylic acid groups (broad SMARTS) is 1. The molecule has 0 fully saturated rings. The summed E-state index contributed by atoms with van der Waals surface area (Å²) in [5.41, 5.74) is -0.00357. The Morgan fingerprint density at radius 2 is 2.15 bits per heavy atom. The molecule has 0 bridgehead atoms. The van der Waals surface area contributed by atoms with Crippen molar-refractivity contribution in [3.63, 3.8) is 0 Å². The molecule has 1 heterocycles. The van der Waals surface area contributed by atoms with E-state index < -0.39 is 5.97 Å². The maximum Gasteiger partial charge on any atom is 0.337 e. The predicted octanol–water partition coefficient (Wildman–Crippen LogP) is 4.00. The Hall–Kier alpha value is -1.79. The van der Waals surface area contributed by atoms with E-state index in [0.717, 1.165) is 0 Å². The Morgan fingerprint density at radius 3 is 2.70 bits per heavy atom. The van der Waals surface area contributed by atoms with Gasteiger partial charge in [-0.15, -0.1) is 0 Å².